The van der Waals surface area contributed by atoms with E-state index in [4.69, 9.17) is 5.11 Å². The Labute approximate surface area is 116 Å². The molecule has 0 spiro atoms. The van der Waals surface area contributed by atoms with Crippen molar-refractivity contribution in [2.75, 3.05) is 13.1 Å². The van der Waals surface area contributed by atoms with Gasteiger partial charge in [-0.05, 0) is 18.6 Å². The molecule has 3 N–H and O–H groups in total. The summed E-state index contributed by atoms with van der Waals surface area (Å²) >= 11 is 0. The van der Waals surface area contributed by atoms with Crippen molar-refractivity contribution in [3.8, 4) is 0 Å². The smallest absolute Gasteiger partial charge is 0.338 e. The first-order valence-electron chi connectivity index (χ1n) is 6.29. The monoisotopic (exact) mass is 279 g/mol. The quantitative estimate of drug-likeness (QED) is 0.670. The van der Waals surface area contributed by atoms with E-state index in [1.165, 1.54) is 18.3 Å². The number of hydrogen-bond donors (Lipinski definition) is 3. The van der Waals surface area contributed by atoms with Crippen molar-refractivity contribution in [2.24, 2.45) is 0 Å². The highest BCUT2D eigenvalue weighted by Crippen LogP contribution is 2.04. The standard InChI is InChI=1S/C13H17N3O4/c1-2-6-14-10(17)5-8-16-12(18)11-9(13(19)20)4-3-7-15-11/h3-4,7H,2,5-6,8H2,1H3,(H,14,17)(H,16,18)(H,19,20). The third-order valence-electron chi connectivity index (χ3n) is 2.46. The number of aromatic nitrogens is 1. The van der Waals surface area contributed by atoms with Gasteiger partial charge in [-0.1, -0.05) is 6.92 Å². The highest BCUT2D eigenvalue weighted by molar-refractivity contribution is 6.03. The van der Waals surface area contributed by atoms with Gasteiger partial charge < -0.3 is 15.7 Å². The predicted octanol–water partition coefficient (Wildman–Crippen LogP) is 0.426. The molecule has 20 heavy (non-hydrogen) atoms. The van der Waals surface area contributed by atoms with Gasteiger partial charge in [-0.3, -0.25) is 14.6 Å². The van der Waals surface area contributed by atoms with Crippen molar-refractivity contribution in [1.82, 2.24) is 15.6 Å². The maximum atomic E-state index is 11.8. The average molecular weight is 279 g/mol. The van der Waals surface area contributed by atoms with Gasteiger partial charge in [0.25, 0.3) is 5.91 Å². The van der Waals surface area contributed by atoms with Crippen molar-refractivity contribution in [3.63, 3.8) is 0 Å². The summed E-state index contributed by atoms with van der Waals surface area (Å²) in [4.78, 5) is 37.8. The third kappa shape index (κ3) is 4.68. The number of carbonyl (C=O) groups excluding carboxylic acids is 2. The highest BCUT2D eigenvalue weighted by Gasteiger charge is 2.17. The van der Waals surface area contributed by atoms with E-state index in [1.54, 1.807) is 0 Å². The topological polar surface area (TPSA) is 108 Å². The fraction of sp³-hybridized carbons (Fsp3) is 0.385. The van der Waals surface area contributed by atoms with E-state index < -0.39 is 11.9 Å². The first-order chi connectivity index (χ1) is 9.56. The minimum absolute atomic E-state index is 0.129. The molecule has 0 fully saturated rings. The molecule has 0 saturated carbocycles. The fourth-order valence-electron chi connectivity index (χ4n) is 1.48. The number of nitrogens with one attached hydrogen (secondary N) is 2. The summed E-state index contributed by atoms with van der Waals surface area (Å²) in [7, 11) is 0. The molecule has 0 bridgehead atoms. The molecule has 0 aliphatic heterocycles. The molecule has 0 radical (unpaired) electrons. The summed E-state index contributed by atoms with van der Waals surface area (Å²) in [6.45, 7) is 2.66. The lowest BCUT2D eigenvalue weighted by atomic mass is 10.2. The Morgan fingerprint density at radius 3 is 2.65 bits per heavy atom. The first-order valence-corrected chi connectivity index (χ1v) is 6.29. The Morgan fingerprint density at radius 1 is 1.25 bits per heavy atom. The van der Waals surface area contributed by atoms with Crippen LogP contribution in [0.2, 0.25) is 0 Å². The van der Waals surface area contributed by atoms with Crippen LogP contribution < -0.4 is 10.6 Å². The Kier molecular flexibility index (Phi) is 6.15. The zero-order valence-electron chi connectivity index (χ0n) is 11.2. The largest absolute Gasteiger partial charge is 0.478 e. The van der Waals surface area contributed by atoms with E-state index in [0.717, 1.165) is 6.42 Å². The van der Waals surface area contributed by atoms with Crippen LogP contribution in [0.15, 0.2) is 18.3 Å². The third-order valence-corrected chi connectivity index (χ3v) is 2.46. The average Bonchev–Trinajstić information content (AvgIpc) is 2.44. The summed E-state index contributed by atoms with van der Waals surface area (Å²) in [5.41, 5.74) is -0.325. The Bertz CT molecular complexity index is 502. The van der Waals surface area contributed by atoms with Gasteiger partial charge in [-0.25, -0.2) is 4.79 Å². The number of carboxylic acid groups (broad SMARTS) is 1. The number of amides is 2. The molecule has 1 heterocycles. The number of hydrogen-bond acceptors (Lipinski definition) is 4. The zero-order valence-corrected chi connectivity index (χ0v) is 11.2. The van der Waals surface area contributed by atoms with Gasteiger partial charge in [0.05, 0.1) is 5.56 Å². The van der Waals surface area contributed by atoms with E-state index in [9.17, 15) is 14.4 Å². The molecule has 2 amide bonds. The number of carbonyl (C=O) groups is 3. The predicted molar refractivity (Wildman–Crippen MR) is 71.4 cm³/mol. The van der Waals surface area contributed by atoms with E-state index in [0.29, 0.717) is 6.54 Å². The normalized spacial score (nSPS) is 9.85. The van der Waals surface area contributed by atoms with Crippen LogP contribution in [0.3, 0.4) is 0 Å². The van der Waals surface area contributed by atoms with Crippen LogP contribution in [-0.2, 0) is 4.79 Å². The van der Waals surface area contributed by atoms with Crippen molar-refractivity contribution < 1.29 is 19.5 Å². The first kappa shape index (κ1) is 15.6. The number of carboxylic acids is 1. The summed E-state index contributed by atoms with van der Waals surface area (Å²) in [5, 5.41) is 14.1. The van der Waals surface area contributed by atoms with E-state index >= 15 is 0 Å². The molecule has 0 aromatic carbocycles. The molecule has 0 saturated heterocycles. The van der Waals surface area contributed by atoms with Gasteiger partial charge in [0.2, 0.25) is 5.91 Å². The van der Waals surface area contributed by atoms with Gasteiger partial charge in [-0.15, -0.1) is 0 Å². The van der Waals surface area contributed by atoms with Crippen LogP contribution in [0.25, 0.3) is 0 Å². The van der Waals surface area contributed by atoms with Crippen LogP contribution in [-0.4, -0.2) is 41.0 Å². The summed E-state index contributed by atoms with van der Waals surface area (Å²) in [6.07, 6.45) is 2.32. The maximum Gasteiger partial charge on any atom is 0.338 e. The Hall–Kier alpha value is -2.44. The van der Waals surface area contributed by atoms with Crippen molar-refractivity contribution in [1.29, 1.82) is 0 Å². The molecular formula is C13H17N3O4. The molecule has 0 aliphatic rings. The molecule has 1 aromatic rings. The van der Waals surface area contributed by atoms with Crippen molar-refractivity contribution in [3.05, 3.63) is 29.6 Å². The van der Waals surface area contributed by atoms with Crippen LogP contribution in [0.1, 0.15) is 40.6 Å². The molecule has 0 atom stereocenters. The van der Waals surface area contributed by atoms with Gasteiger partial charge in [0.1, 0.15) is 5.69 Å². The van der Waals surface area contributed by atoms with E-state index in [1.807, 2.05) is 6.92 Å². The van der Waals surface area contributed by atoms with Gasteiger partial charge >= 0.3 is 5.97 Å². The molecule has 7 heteroatoms. The van der Waals surface area contributed by atoms with Crippen LogP contribution in [0.4, 0.5) is 0 Å². The van der Waals surface area contributed by atoms with E-state index in [2.05, 4.69) is 15.6 Å². The van der Waals surface area contributed by atoms with Gasteiger partial charge in [0.15, 0.2) is 0 Å². The molecule has 1 aromatic heterocycles. The summed E-state index contributed by atoms with van der Waals surface area (Å²) < 4.78 is 0. The fourth-order valence-corrected chi connectivity index (χ4v) is 1.48. The number of aromatic carboxylic acids is 1. The van der Waals surface area contributed by atoms with Gasteiger partial charge in [0, 0.05) is 25.7 Å². The second kappa shape index (κ2) is 7.88. The lowest BCUT2D eigenvalue weighted by Gasteiger charge is -2.07. The second-order valence-corrected chi connectivity index (χ2v) is 4.06. The maximum absolute atomic E-state index is 11.8. The number of pyridine rings is 1. The lowest BCUT2D eigenvalue weighted by Crippen LogP contribution is -2.32. The van der Waals surface area contributed by atoms with Gasteiger partial charge in [-0.2, -0.15) is 0 Å². The Balaban J connectivity index is 2.52. The molecule has 108 valence electrons. The summed E-state index contributed by atoms with van der Waals surface area (Å²) in [5.74, 6) is -1.98. The Morgan fingerprint density at radius 2 is 2.00 bits per heavy atom. The summed E-state index contributed by atoms with van der Waals surface area (Å²) in [6, 6.07) is 2.75. The van der Waals surface area contributed by atoms with Crippen LogP contribution in [0.5, 0.6) is 0 Å². The highest BCUT2D eigenvalue weighted by atomic mass is 16.4. The van der Waals surface area contributed by atoms with Crippen LogP contribution >= 0.6 is 0 Å². The number of nitrogens with zero attached hydrogens (tertiary/aromatic N) is 1. The van der Waals surface area contributed by atoms with Crippen molar-refractivity contribution in [2.45, 2.75) is 19.8 Å². The molecule has 0 aliphatic carbocycles. The minimum atomic E-state index is -1.22. The van der Waals surface area contributed by atoms with E-state index in [-0.39, 0.29) is 30.1 Å². The lowest BCUT2D eigenvalue weighted by molar-refractivity contribution is -0.120. The second-order valence-electron chi connectivity index (χ2n) is 4.06. The molecule has 1 rings (SSSR count). The van der Waals surface area contributed by atoms with Crippen molar-refractivity contribution >= 4 is 17.8 Å². The molecule has 0 unspecified atom stereocenters. The SMILES string of the molecule is CCCNC(=O)CCNC(=O)c1ncccc1C(=O)O. The zero-order chi connectivity index (χ0) is 15.0. The number of rotatable bonds is 7. The molecule has 7 nitrogen and oxygen atoms in total. The molecular weight excluding hydrogens is 262 g/mol. The van der Waals surface area contributed by atoms with Crippen LogP contribution in [0, 0.1) is 0 Å². The minimum Gasteiger partial charge on any atom is -0.478 e.